The van der Waals surface area contributed by atoms with Gasteiger partial charge in [-0.2, -0.15) is 5.10 Å². The highest BCUT2D eigenvalue weighted by Crippen LogP contribution is 1.97. The van der Waals surface area contributed by atoms with Crippen molar-refractivity contribution in [3.8, 4) is 0 Å². The SMILES string of the molecule is O=c1ccc(CNCc2ccccc2)n[nH]1. The zero-order valence-corrected chi connectivity index (χ0v) is 8.81. The Morgan fingerprint density at radius 1 is 1.06 bits per heavy atom. The van der Waals surface area contributed by atoms with E-state index in [4.69, 9.17) is 0 Å². The molecule has 0 atom stereocenters. The van der Waals surface area contributed by atoms with Crippen LogP contribution in [0.3, 0.4) is 0 Å². The Balaban J connectivity index is 1.84. The summed E-state index contributed by atoms with van der Waals surface area (Å²) >= 11 is 0. The fourth-order valence-corrected chi connectivity index (χ4v) is 1.40. The van der Waals surface area contributed by atoms with Crippen LogP contribution >= 0.6 is 0 Å². The summed E-state index contributed by atoms with van der Waals surface area (Å²) < 4.78 is 0. The van der Waals surface area contributed by atoms with Crippen LogP contribution in [-0.2, 0) is 13.1 Å². The molecule has 0 amide bonds. The van der Waals surface area contributed by atoms with Crippen molar-refractivity contribution in [3.63, 3.8) is 0 Å². The molecule has 4 heteroatoms. The normalized spacial score (nSPS) is 10.2. The van der Waals surface area contributed by atoms with Gasteiger partial charge in [-0.3, -0.25) is 4.79 Å². The summed E-state index contributed by atoms with van der Waals surface area (Å²) in [6.45, 7) is 1.44. The molecule has 0 aliphatic heterocycles. The lowest BCUT2D eigenvalue weighted by molar-refractivity contribution is 0.668. The smallest absolute Gasteiger partial charge is 0.264 e. The molecule has 1 heterocycles. The molecule has 1 aromatic heterocycles. The number of nitrogens with zero attached hydrogens (tertiary/aromatic N) is 1. The number of hydrogen-bond donors (Lipinski definition) is 2. The summed E-state index contributed by atoms with van der Waals surface area (Å²) in [6.07, 6.45) is 0. The van der Waals surface area contributed by atoms with Crippen molar-refractivity contribution in [1.82, 2.24) is 15.5 Å². The quantitative estimate of drug-likeness (QED) is 0.801. The molecule has 0 saturated heterocycles. The van der Waals surface area contributed by atoms with Gasteiger partial charge >= 0.3 is 0 Å². The van der Waals surface area contributed by atoms with Crippen LogP contribution < -0.4 is 10.9 Å². The number of aromatic amines is 1. The number of benzene rings is 1. The molecule has 1 aromatic carbocycles. The van der Waals surface area contributed by atoms with E-state index < -0.39 is 0 Å². The first-order valence-electron chi connectivity index (χ1n) is 5.14. The summed E-state index contributed by atoms with van der Waals surface area (Å²) in [5, 5.41) is 9.57. The highest BCUT2D eigenvalue weighted by atomic mass is 16.1. The second-order valence-electron chi connectivity index (χ2n) is 3.50. The molecule has 0 fully saturated rings. The maximum Gasteiger partial charge on any atom is 0.264 e. The van der Waals surface area contributed by atoms with Gasteiger partial charge in [-0.1, -0.05) is 30.3 Å². The summed E-state index contributed by atoms with van der Waals surface area (Å²) in [7, 11) is 0. The van der Waals surface area contributed by atoms with E-state index in [1.807, 2.05) is 18.2 Å². The maximum atomic E-state index is 10.8. The third-order valence-corrected chi connectivity index (χ3v) is 2.21. The summed E-state index contributed by atoms with van der Waals surface area (Å²) in [5.41, 5.74) is 1.88. The second kappa shape index (κ2) is 5.23. The van der Waals surface area contributed by atoms with E-state index in [-0.39, 0.29) is 5.56 Å². The van der Waals surface area contributed by atoms with Crippen molar-refractivity contribution in [2.24, 2.45) is 0 Å². The molecule has 82 valence electrons. The van der Waals surface area contributed by atoms with Gasteiger partial charge in [0.05, 0.1) is 5.69 Å². The third-order valence-electron chi connectivity index (χ3n) is 2.21. The zero-order valence-electron chi connectivity index (χ0n) is 8.81. The summed E-state index contributed by atoms with van der Waals surface area (Å²) in [5.74, 6) is 0. The average molecular weight is 215 g/mol. The average Bonchev–Trinajstić information content (AvgIpc) is 2.33. The third kappa shape index (κ3) is 3.03. The Morgan fingerprint density at radius 2 is 1.88 bits per heavy atom. The molecule has 0 aliphatic rings. The minimum absolute atomic E-state index is 0.174. The minimum atomic E-state index is -0.174. The van der Waals surface area contributed by atoms with Crippen LogP contribution in [0, 0.1) is 0 Å². The van der Waals surface area contributed by atoms with Crippen LogP contribution in [0.15, 0.2) is 47.3 Å². The van der Waals surface area contributed by atoms with Gasteiger partial charge in [0.2, 0.25) is 0 Å². The van der Waals surface area contributed by atoms with E-state index in [2.05, 4.69) is 27.6 Å². The lowest BCUT2D eigenvalue weighted by Gasteiger charge is -2.03. The number of aromatic nitrogens is 2. The molecule has 2 rings (SSSR count). The Labute approximate surface area is 93.3 Å². The van der Waals surface area contributed by atoms with Crippen LogP contribution in [0.5, 0.6) is 0 Å². The second-order valence-corrected chi connectivity index (χ2v) is 3.50. The van der Waals surface area contributed by atoms with Crippen molar-refractivity contribution < 1.29 is 0 Å². The molecule has 2 aromatic rings. The topological polar surface area (TPSA) is 57.8 Å². The molecule has 2 N–H and O–H groups in total. The molecule has 16 heavy (non-hydrogen) atoms. The highest BCUT2D eigenvalue weighted by Gasteiger charge is 1.94. The van der Waals surface area contributed by atoms with E-state index in [9.17, 15) is 4.79 Å². The molecule has 0 spiro atoms. The van der Waals surface area contributed by atoms with Crippen LogP contribution in [0.4, 0.5) is 0 Å². The molecular weight excluding hydrogens is 202 g/mol. The number of H-pyrrole nitrogens is 1. The fraction of sp³-hybridized carbons (Fsp3) is 0.167. The number of rotatable bonds is 4. The van der Waals surface area contributed by atoms with Crippen molar-refractivity contribution in [2.45, 2.75) is 13.1 Å². The van der Waals surface area contributed by atoms with Crippen molar-refractivity contribution >= 4 is 0 Å². The zero-order chi connectivity index (χ0) is 11.2. The molecule has 0 radical (unpaired) electrons. The Bertz CT molecular complexity index is 473. The Hall–Kier alpha value is -1.94. The first-order valence-corrected chi connectivity index (χ1v) is 5.14. The van der Waals surface area contributed by atoms with Crippen LogP contribution in [0.1, 0.15) is 11.3 Å². The highest BCUT2D eigenvalue weighted by molar-refractivity contribution is 5.14. The summed E-state index contributed by atoms with van der Waals surface area (Å²) in [4.78, 5) is 10.8. The van der Waals surface area contributed by atoms with E-state index >= 15 is 0 Å². The maximum absolute atomic E-state index is 10.8. The van der Waals surface area contributed by atoms with Crippen LogP contribution in [0.2, 0.25) is 0 Å². The van der Waals surface area contributed by atoms with Crippen LogP contribution in [0.25, 0.3) is 0 Å². The van der Waals surface area contributed by atoms with Gasteiger partial charge in [0.15, 0.2) is 0 Å². The van der Waals surface area contributed by atoms with E-state index in [1.54, 1.807) is 6.07 Å². The number of nitrogens with one attached hydrogen (secondary N) is 2. The standard InChI is InChI=1S/C12H13N3O/c16-12-7-6-11(14-15-12)9-13-8-10-4-2-1-3-5-10/h1-7,13H,8-9H2,(H,15,16). The van der Waals surface area contributed by atoms with Crippen molar-refractivity contribution in [1.29, 1.82) is 0 Å². The van der Waals surface area contributed by atoms with Crippen molar-refractivity contribution in [2.75, 3.05) is 0 Å². The van der Waals surface area contributed by atoms with E-state index in [0.717, 1.165) is 12.2 Å². The summed E-state index contributed by atoms with van der Waals surface area (Å²) in [6, 6.07) is 13.3. The van der Waals surface area contributed by atoms with Crippen LogP contribution in [-0.4, -0.2) is 10.2 Å². The molecule has 0 bridgehead atoms. The van der Waals surface area contributed by atoms with E-state index in [1.165, 1.54) is 11.6 Å². The predicted octanol–water partition coefficient (Wildman–Crippen LogP) is 1.06. The van der Waals surface area contributed by atoms with E-state index in [0.29, 0.717) is 6.54 Å². The minimum Gasteiger partial charge on any atom is -0.307 e. The van der Waals surface area contributed by atoms with Gasteiger partial charge < -0.3 is 5.32 Å². The molecule has 0 saturated carbocycles. The lowest BCUT2D eigenvalue weighted by Crippen LogP contribution is -2.16. The van der Waals surface area contributed by atoms with Gasteiger partial charge in [0.1, 0.15) is 0 Å². The van der Waals surface area contributed by atoms with Crippen molar-refractivity contribution in [3.05, 3.63) is 64.1 Å². The van der Waals surface area contributed by atoms with Gasteiger partial charge in [-0.15, -0.1) is 0 Å². The molecule has 4 nitrogen and oxygen atoms in total. The Morgan fingerprint density at radius 3 is 2.56 bits per heavy atom. The molecular formula is C12H13N3O. The fourth-order valence-electron chi connectivity index (χ4n) is 1.40. The molecule has 0 unspecified atom stereocenters. The monoisotopic (exact) mass is 215 g/mol. The first kappa shape index (κ1) is 10.6. The Kier molecular flexibility index (Phi) is 3.46. The predicted molar refractivity (Wildman–Crippen MR) is 61.8 cm³/mol. The largest absolute Gasteiger partial charge is 0.307 e. The van der Waals surface area contributed by atoms with Gasteiger partial charge in [0.25, 0.3) is 5.56 Å². The van der Waals surface area contributed by atoms with Gasteiger partial charge in [-0.05, 0) is 11.6 Å². The van der Waals surface area contributed by atoms with Gasteiger partial charge in [0, 0.05) is 19.2 Å². The molecule has 0 aliphatic carbocycles. The first-order chi connectivity index (χ1) is 7.84. The lowest BCUT2D eigenvalue weighted by atomic mass is 10.2. The number of hydrogen-bond acceptors (Lipinski definition) is 3. The van der Waals surface area contributed by atoms with Gasteiger partial charge in [-0.25, -0.2) is 5.10 Å².